The maximum Gasteiger partial charge on any atom is 0.230 e. The van der Waals surface area contributed by atoms with Crippen molar-refractivity contribution in [1.29, 1.82) is 0 Å². The number of ketones is 1. The highest BCUT2D eigenvalue weighted by molar-refractivity contribution is 6.35. The fraction of sp³-hybridized carbons (Fsp3) is 0.214. The molecule has 0 N–H and O–H groups in total. The third-order valence-corrected chi connectivity index (χ3v) is 3.10. The number of hydrogen-bond acceptors (Lipinski definition) is 4. The van der Waals surface area contributed by atoms with Crippen LogP contribution in [0.25, 0.3) is 0 Å². The van der Waals surface area contributed by atoms with E-state index in [4.69, 9.17) is 25.5 Å². The summed E-state index contributed by atoms with van der Waals surface area (Å²) in [5, 5.41) is 0.290. The molecule has 2 aromatic rings. The molecule has 1 heterocycles. The van der Waals surface area contributed by atoms with E-state index in [1.807, 2.05) is 0 Å². The van der Waals surface area contributed by atoms with Crippen molar-refractivity contribution in [2.75, 3.05) is 14.2 Å². The zero-order valence-electron chi connectivity index (χ0n) is 10.8. The molecule has 0 aliphatic heterocycles. The Balaban J connectivity index is 2.51. The van der Waals surface area contributed by atoms with Crippen molar-refractivity contribution in [1.82, 2.24) is 0 Å². The van der Waals surface area contributed by atoms with E-state index in [1.165, 1.54) is 20.5 Å². The van der Waals surface area contributed by atoms with Gasteiger partial charge in [-0.3, -0.25) is 4.79 Å². The minimum atomic E-state index is -0.284. The number of furan rings is 1. The number of ether oxygens (including phenoxy) is 2. The van der Waals surface area contributed by atoms with Gasteiger partial charge < -0.3 is 13.9 Å². The average Bonchev–Trinajstić information content (AvgIpc) is 2.83. The molecule has 0 fully saturated rings. The van der Waals surface area contributed by atoms with Crippen LogP contribution in [-0.2, 0) is 0 Å². The molecule has 0 atom stereocenters. The molecular weight excluding hydrogens is 268 g/mol. The zero-order valence-corrected chi connectivity index (χ0v) is 11.6. The summed E-state index contributed by atoms with van der Waals surface area (Å²) in [4.78, 5) is 12.3. The van der Waals surface area contributed by atoms with Crippen LogP contribution in [-0.4, -0.2) is 20.0 Å². The second-order valence-electron chi connectivity index (χ2n) is 3.95. The Labute approximate surface area is 115 Å². The van der Waals surface area contributed by atoms with Gasteiger partial charge in [-0.05, 0) is 24.6 Å². The highest BCUT2D eigenvalue weighted by atomic mass is 35.5. The second kappa shape index (κ2) is 5.36. The van der Waals surface area contributed by atoms with E-state index in [1.54, 1.807) is 25.1 Å². The zero-order chi connectivity index (χ0) is 14.0. The first-order valence-corrected chi connectivity index (χ1v) is 5.96. The third-order valence-electron chi connectivity index (χ3n) is 2.79. The summed E-state index contributed by atoms with van der Waals surface area (Å²) in [5.41, 5.74) is 1.08. The predicted molar refractivity (Wildman–Crippen MR) is 71.4 cm³/mol. The van der Waals surface area contributed by atoms with Gasteiger partial charge in [0.1, 0.15) is 0 Å². The number of hydrogen-bond donors (Lipinski definition) is 0. The predicted octanol–water partition coefficient (Wildman–Crippen LogP) is 3.49. The molecule has 1 aromatic heterocycles. The van der Waals surface area contributed by atoms with Crippen LogP contribution in [0.5, 0.6) is 11.5 Å². The minimum absolute atomic E-state index is 0.272. The molecule has 0 amide bonds. The topological polar surface area (TPSA) is 48.7 Å². The quantitative estimate of drug-likeness (QED) is 0.805. The second-order valence-corrected chi connectivity index (χ2v) is 4.36. The van der Waals surface area contributed by atoms with Gasteiger partial charge in [0.05, 0.1) is 25.5 Å². The van der Waals surface area contributed by atoms with Crippen LogP contribution in [0.15, 0.2) is 28.9 Å². The summed E-state index contributed by atoms with van der Waals surface area (Å²) in [5.74, 6) is 0.905. The fourth-order valence-corrected chi connectivity index (χ4v) is 2.00. The summed E-state index contributed by atoms with van der Waals surface area (Å²) >= 11 is 6.10. The number of carbonyl (C=O) groups is 1. The van der Waals surface area contributed by atoms with Gasteiger partial charge in [0.15, 0.2) is 17.3 Å². The SMILES string of the molecule is COc1cc(Cl)c(C(=O)c2occc2C)cc1OC. The Hall–Kier alpha value is -1.94. The van der Waals surface area contributed by atoms with Crippen LogP contribution >= 0.6 is 11.6 Å². The number of halogens is 1. The largest absolute Gasteiger partial charge is 0.493 e. The van der Waals surface area contributed by atoms with Crippen molar-refractivity contribution in [3.05, 3.63) is 46.4 Å². The van der Waals surface area contributed by atoms with Gasteiger partial charge in [0, 0.05) is 11.6 Å². The molecule has 0 unspecified atom stereocenters. The summed E-state index contributed by atoms with van der Waals surface area (Å²) < 4.78 is 15.5. The molecule has 0 radical (unpaired) electrons. The molecule has 100 valence electrons. The normalized spacial score (nSPS) is 10.3. The Morgan fingerprint density at radius 2 is 1.84 bits per heavy atom. The Kier molecular flexibility index (Phi) is 3.81. The molecule has 19 heavy (non-hydrogen) atoms. The van der Waals surface area contributed by atoms with E-state index in [2.05, 4.69) is 0 Å². The van der Waals surface area contributed by atoms with E-state index < -0.39 is 0 Å². The summed E-state index contributed by atoms with van der Waals surface area (Å²) in [6.07, 6.45) is 1.47. The number of aryl methyl sites for hydroxylation is 1. The Morgan fingerprint density at radius 3 is 2.37 bits per heavy atom. The van der Waals surface area contributed by atoms with Crippen molar-refractivity contribution in [2.45, 2.75) is 6.92 Å². The molecule has 0 saturated carbocycles. The van der Waals surface area contributed by atoms with Crippen LogP contribution in [0.3, 0.4) is 0 Å². The molecule has 1 aromatic carbocycles. The number of carbonyl (C=O) groups excluding carboxylic acids is 1. The maximum atomic E-state index is 12.3. The fourth-order valence-electron chi connectivity index (χ4n) is 1.76. The lowest BCUT2D eigenvalue weighted by molar-refractivity contribution is 0.101. The lowest BCUT2D eigenvalue weighted by Gasteiger charge is -2.10. The van der Waals surface area contributed by atoms with Crippen molar-refractivity contribution in [2.24, 2.45) is 0 Å². The van der Waals surface area contributed by atoms with Crippen molar-refractivity contribution >= 4 is 17.4 Å². The number of rotatable bonds is 4. The lowest BCUT2D eigenvalue weighted by Crippen LogP contribution is -2.04. The first kappa shape index (κ1) is 13.5. The first-order valence-electron chi connectivity index (χ1n) is 5.58. The smallest absolute Gasteiger partial charge is 0.230 e. The highest BCUT2D eigenvalue weighted by Crippen LogP contribution is 2.34. The van der Waals surface area contributed by atoms with Gasteiger partial charge in [-0.15, -0.1) is 0 Å². The van der Waals surface area contributed by atoms with Crippen LogP contribution < -0.4 is 9.47 Å². The number of methoxy groups -OCH3 is 2. The molecule has 4 nitrogen and oxygen atoms in total. The van der Waals surface area contributed by atoms with E-state index in [0.29, 0.717) is 22.1 Å². The van der Waals surface area contributed by atoms with Gasteiger partial charge >= 0.3 is 0 Å². The summed E-state index contributed by atoms with van der Waals surface area (Å²) in [6.45, 7) is 1.80. The van der Waals surface area contributed by atoms with Gasteiger partial charge in [-0.2, -0.15) is 0 Å². The van der Waals surface area contributed by atoms with E-state index in [9.17, 15) is 4.79 Å². The van der Waals surface area contributed by atoms with E-state index >= 15 is 0 Å². The molecule has 0 saturated heterocycles. The van der Waals surface area contributed by atoms with Gasteiger partial charge in [0.2, 0.25) is 5.78 Å². The van der Waals surface area contributed by atoms with E-state index in [-0.39, 0.29) is 11.5 Å². The van der Waals surface area contributed by atoms with Crippen LogP contribution in [0, 0.1) is 6.92 Å². The molecular formula is C14H13ClO4. The Bertz CT molecular complexity index is 616. The third kappa shape index (κ3) is 2.44. The molecule has 5 heteroatoms. The average molecular weight is 281 g/mol. The first-order chi connectivity index (χ1) is 9.08. The summed E-state index contributed by atoms with van der Waals surface area (Å²) in [7, 11) is 3.00. The minimum Gasteiger partial charge on any atom is -0.493 e. The standard InChI is InChI=1S/C14H13ClO4/c1-8-4-5-19-14(8)13(16)9-6-11(17-2)12(18-3)7-10(9)15/h4-7H,1-3H3. The lowest BCUT2D eigenvalue weighted by atomic mass is 10.1. The maximum absolute atomic E-state index is 12.3. The summed E-state index contributed by atoms with van der Waals surface area (Å²) in [6, 6.07) is 4.82. The monoisotopic (exact) mass is 280 g/mol. The number of benzene rings is 1. The van der Waals surface area contributed by atoms with Gasteiger partial charge in [-0.25, -0.2) is 0 Å². The van der Waals surface area contributed by atoms with Crippen LogP contribution in [0.2, 0.25) is 5.02 Å². The van der Waals surface area contributed by atoms with Gasteiger partial charge in [0.25, 0.3) is 0 Å². The van der Waals surface area contributed by atoms with Crippen molar-refractivity contribution in [3.63, 3.8) is 0 Å². The molecule has 0 bridgehead atoms. The van der Waals surface area contributed by atoms with Crippen LogP contribution in [0.4, 0.5) is 0 Å². The highest BCUT2D eigenvalue weighted by Gasteiger charge is 2.20. The van der Waals surface area contributed by atoms with Crippen LogP contribution in [0.1, 0.15) is 21.7 Å². The molecule has 0 spiro atoms. The molecule has 0 aliphatic carbocycles. The van der Waals surface area contributed by atoms with Crippen molar-refractivity contribution < 1.29 is 18.7 Å². The van der Waals surface area contributed by atoms with E-state index in [0.717, 1.165) is 5.56 Å². The Morgan fingerprint density at radius 1 is 1.21 bits per heavy atom. The molecule has 0 aliphatic rings. The van der Waals surface area contributed by atoms with Crippen molar-refractivity contribution in [3.8, 4) is 11.5 Å². The molecule has 2 rings (SSSR count). The van der Waals surface area contributed by atoms with Gasteiger partial charge in [-0.1, -0.05) is 11.6 Å².